The molecule has 0 bridgehead atoms. The summed E-state index contributed by atoms with van der Waals surface area (Å²) in [5.41, 5.74) is 3.30. The van der Waals surface area contributed by atoms with Crippen molar-refractivity contribution >= 4 is 46.2 Å². The molecule has 4 aromatic rings. The molecule has 1 aliphatic rings. The van der Waals surface area contributed by atoms with Gasteiger partial charge in [0.2, 0.25) is 0 Å². The number of amides is 1. The van der Waals surface area contributed by atoms with Gasteiger partial charge in [0.05, 0.1) is 5.02 Å². The van der Waals surface area contributed by atoms with Crippen LogP contribution in [-0.4, -0.2) is 47.0 Å². The summed E-state index contributed by atoms with van der Waals surface area (Å²) in [5.74, 6) is 1.43. The molecule has 1 aliphatic heterocycles. The lowest BCUT2D eigenvalue weighted by Gasteiger charge is -2.36. The van der Waals surface area contributed by atoms with E-state index in [4.69, 9.17) is 16.0 Å². The van der Waals surface area contributed by atoms with Gasteiger partial charge in [-0.25, -0.2) is 9.97 Å². The van der Waals surface area contributed by atoms with Crippen LogP contribution in [0.3, 0.4) is 0 Å². The maximum Gasteiger partial charge on any atom is 0.257 e. The normalized spacial score (nSPS) is 14.2. The Morgan fingerprint density at radius 3 is 2.59 bits per heavy atom. The molecule has 6 nitrogen and oxygen atoms in total. The summed E-state index contributed by atoms with van der Waals surface area (Å²) in [7, 11) is 0. The molecule has 0 atom stereocenters. The number of benzene rings is 2. The van der Waals surface area contributed by atoms with Gasteiger partial charge in [0.1, 0.15) is 11.3 Å². The Balaban J connectivity index is 1.26. The minimum absolute atomic E-state index is 0.0468. The standard InChI is InChI=1S/C24H21ClN4O2S/c25-19-8-5-11-26-22(19)28-12-14-29(15-13-28)23(30)18-7-2-1-6-17(18)16-32-24-27-20-9-3-4-10-21(20)31-24/h1-11H,12-16H2. The van der Waals surface area contributed by atoms with Gasteiger partial charge in [-0.3, -0.25) is 4.79 Å². The van der Waals surface area contributed by atoms with Crippen LogP contribution in [0.1, 0.15) is 15.9 Å². The number of carbonyl (C=O) groups is 1. The highest BCUT2D eigenvalue weighted by Crippen LogP contribution is 2.28. The highest BCUT2D eigenvalue weighted by molar-refractivity contribution is 7.98. The van der Waals surface area contributed by atoms with Crippen molar-refractivity contribution in [3.63, 3.8) is 0 Å². The number of nitrogens with zero attached hydrogens (tertiary/aromatic N) is 4. The molecule has 0 radical (unpaired) electrons. The van der Waals surface area contributed by atoms with E-state index in [2.05, 4.69) is 14.9 Å². The topological polar surface area (TPSA) is 62.5 Å². The number of hydrogen-bond acceptors (Lipinski definition) is 6. The van der Waals surface area contributed by atoms with Gasteiger partial charge in [0, 0.05) is 43.7 Å². The van der Waals surface area contributed by atoms with Gasteiger partial charge in [0.25, 0.3) is 11.1 Å². The molecule has 1 saturated heterocycles. The largest absolute Gasteiger partial charge is 0.431 e. The molecule has 0 unspecified atom stereocenters. The monoisotopic (exact) mass is 464 g/mol. The predicted octanol–water partition coefficient (Wildman–Crippen LogP) is 5.13. The second-order valence-electron chi connectivity index (χ2n) is 7.48. The molecule has 32 heavy (non-hydrogen) atoms. The number of rotatable bonds is 5. The zero-order valence-corrected chi connectivity index (χ0v) is 18.9. The van der Waals surface area contributed by atoms with E-state index in [1.807, 2.05) is 65.6 Å². The van der Waals surface area contributed by atoms with E-state index in [-0.39, 0.29) is 5.91 Å². The third kappa shape index (κ3) is 4.31. The highest BCUT2D eigenvalue weighted by Gasteiger charge is 2.25. The minimum Gasteiger partial charge on any atom is -0.431 e. The zero-order chi connectivity index (χ0) is 21.9. The lowest BCUT2D eigenvalue weighted by atomic mass is 10.1. The number of halogens is 1. The number of pyridine rings is 1. The van der Waals surface area contributed by atoms with Gasteiger partial charge < -0.3 is 14.2 Å². The molecule has 0 spiro atoms. The quantitative estimate of drug-likeness (QED) is 0.381. The number of piperazine rings is 1. The molecule has 0 N–H and O–H groups in total. The van der Waals surface area contributed by atoms with Crippen LogP contribution in [0.15, 0.2) is 76.5 Å². The third-order valence-corrected chi connectivity index (χ3v) is 6.65. The lowest BCUT2D eigenvalue weighted by Crippen LogP contribution is -2.49. The number of oxazole rings is 1. The first-order chi connectivity index (χ1) is 15.7. The Morgan fingerprint density at radius 2 is 1.78 bits per heavy atom. The van der Waals surface area contributed by atoms with Crippen LogP contribution >= 0.6 is 23.4 Å². The van der Waals surface area contributed by atoms with Gasteiger partial charge >= 0.3 is 0 Å². The number of thioether (sulfide) groups is 1. The average molecular weight is 465 g/mol. The Labute approximate surface area is 195 Å². The van der Waals surface area contributed by atoms with Crippen LogP contribution in [0, 0.1) is 0 Å². The van der Waals surface area contributed by atoms with Crippen molar-refractivity contribution in [3.05, 3.63) is 83.0 Å². The molecule has 2 aromatic carbocycles. The van der Waals surface area contributed by atoms with E-state index in [0.29, 0.717) is 42.2 Å². The summed E-state index contributed by atoms with van der Waals surface area (Å²) in [5, 5.41) is 1.24. The number of hydrogen-bond donors (Lipinski definition) is 0. The van der Waals surface area contributed by atoms with E-state index < -0.39 is 0 Å². The number of para-hydroxylation sites is 2. The summed E-state index contributed by atoms with van der Waals surface area (Å²) in [6.07, 6.45) is 1.74. The fourth-order valence-electron chi connectivity index (χ4n) is 3.81. The van der Waals surface area contributed by atoms with Gasteiger partial charge in [0.15, 0.2) is 5.58 Å². The van der Waals surface area contributed by atoms with E-state index in [1.165, 1.54) is 11.8 Å². The van der Waals surface area contributed by atoms with Crippen LogP contribution in [0.25, 0.3) is 11.1 Å². The fourth-order valence-corrected chi connectivity index (χ4v) is 4.89. The Hall–Kier alpha value is -3.03. The molecule has 2 aromatic heterocycles. The second kappa shape index (κ2) is 9.22. The summed E-state index contributed by atoms with van der Waals surface area (Å²) >= 11 is 7.78. The molecule has 1 amide bonds. The van der Waals surface area contributed by atoms with Crippen LogP contribution in [0.5, 0.6) is 0 Å². The Bertz CT molecular complexity index is 1220. The zero-order valence-electron chi connectivity index (χ0n) is 17.3. The molecule has 0 aliphatic carbocycles. The number of fused-ring (bicyclic) bond motifs is 1. The van der Waals surface area contributed by atoms with E-state index in [1.54, 1.807) is 6.20 Å². The van der Waals surface area contributed by atoms with Crippen LogP contribution in [0.4, 0.5) is 5.82 Å². The average Bonchev–Trinajstić information content (AvgIpc) is 3.26. The summed E-state index contributed by atoms with van der Waals surface area (Å²) < 4.78 is 5.80. The van der Waals surface area contributed by atoms with E-state index in [0.717, 1.165) is 28.0 Å². The van der Waals surface area contributed by atoms with Gasteiger partial charge in [-0.05, 0) is 35.9 Å². The summed E-state index contributed by atoms with van der Waals surface area (Å²) in [6.45, 7) is 2.64. The molecular weight excluding hydrogens is 444 g/mol. The first-order valence-electron chi connectivity index (χ1n) is 10.4. The van der Waals surface area contributed by atoms with E-state index in [9.17, 15) is 4.79 Å². The van der Waals surface area contributed by atoms with E-state index >= 15 is 0 Å². The maximum absolute atomic E-state index is 13.3. The van der Waals surface area contributed by atoms with Gasteiger partial charge in [-0.1, -0.05) is 53.7 Å². The number of aromatic nitrogens is 2. The third-order valence-electron chi connectivity index (χ3n) is 5.48. The van der Waals surface area contributed by atoms with Crippen molar-refractivity contribution in [2.75, 3.05) is 31.1 Å². The number of carbonyl (C=O) groups excluding carboxylic acids is 1. The number of anilines is 1. The van der Waals surface area contributed by atoms with Gasteiger partial charge in [-0.15, -0.1) is 0 Å². The first kappa shape index (κ1) is 20.8. The fraction of sp³-hybridized carbons (Fsp3) is 0.208. The van der Waals surface area contributed by atoms with Crippen LogP contribution < -0.4 is 4.90 Å². The molecule has 162 valence electrons. The minimum atomic E-state index is 0.0468. The summed E-state index contributed by atoms with van der Waals surface area (Å²) in [6, 6.07) is 19.1. The first-order valence-corrected chi connectivity index (χ1v) is 11.8. The molecule has 5 rings (SSSR count). The molecular formula is C24H21ClN4O2S. The maximum atomic E-state index is 13.3. The smallest absolute Gasteiger partial charge is 0.257 e. The molecule has 3 heterocycles. The summed E-state index contributed by atoms with van der Waals surface area (Å²) in [4.78, 5) is 26.2. The van der Waals surface area contributed by atoms with Crippen molar-refractivity contribution in [1.82, 2.24) is 14.9 Å². The molecule has 8 heteroatoms. The molecule has 0 saturated carbocycles. The Kier molecular flexibility index (Phi) is 6.01. The van der Waals surface area contributed by atoms with Crippen molar-refractivity contribution in [2.45, 2.75) is 11.0 Å². The Morgan fingerprint density at radius 1 is 1.00 bits per heavy atom. The highest BCUT2D eigenvalue weighted by atomic mass is 35.5. The van der Waals surface area contributed by atoms with Crippen molar-refractivity contribution in [3.8, 4) is 0 Å². The van der Waals surface area contributed by atoms with Crippen LogP contribution in [0.2, 0.25) is 5.02 Å². The predicted molar refractivity (Wildman–Crippen MR) is 127 cm³/mol. The van der Waals surface area contributed by atoms with Crippen molar-refractivity contribution in [1.29, 1.82) is 0 Å². The van der Waals surface area contributed by atoms with Gasteiger partial charge in [-0.2, -0.15) is 0 Å². The second-order valence-corrected chi connectivity index (χ2v) is 8.82. The van der Waals surface area contributed by atoms with Crippen molar-refractivity contribution < 1.29 is 9.21 Å². The lowest BCUT2D eigenvalue weighted by molar-refractivity contribution is 0.0745. The van der Waals surface area contributed by atoms with Crippen LogP contribution in [-0.2, 0) is 5.75 Å². The SMILES string of the molecule is O=C(c1ccccc1CSc1nc2ccccc2o1)N1CCN(c2ncccc2Cl)CC1. The molecule has 1 fully saturated rings. The van der Waals surface area contributed by atoms with Crippen molar-refractivity contribution in [2.24, 2.45) is 0 Å².